The van der Waals surface area contributed by atoms with Crippen LogP contribution in [0.5, 0.6) is 0 Å². The van der Waals surface area contributed by atoms with Gasteiger partial charge < -0.3 is 5.32 Å². The first-order valence-electron chi connectivity index (χ1n) is 8.68. The van der Waals surface area contributed by atoms with Gasteiger partial charge in [-0.15, -0.1) is 0 Å². The number of unbranched alkanes of at least 4 members (excludes halogenated alkanes) is 4. The summed E-state index contributed by atoms with van der Waals surface area (Å²) in [5, 5.41) is 3.75. The summed E-state index contributed by atoms with van der Waals surface area (Å²) in [6.07, 6.45) is 10.3. The fourth-order valence-corrected chi connectivity index (χ4v) is 2.79. The molecule has 120 valence electrons. The molecule has 0 unspecified atom stereocenters. The van der Waals surface area contributed by atoms with Crippen LogP contribution < -0.4 is 5.32 Å². The minimum absolute atomic E-state index is 0.159. The van der Waals surface area contributed by atoms with E-state index in [9.17, 15) is 4.39 Å². The molecule has 0 aromatic heterocycles. The predicted molar refractivity (Wildman–Crippen MR) is 90.0 cm³/mol. The fraction of sp³-hybridized carbons (Fsp3) is 0.684. The van der Waals surface area contributed by atoms with Crippen molar-refractivity contribution in [3.8, 4) is 0 Å². The topological polar surface area (TPSA) is 12.0 Å². The van der Waals surface area contributed by atoms with Gasteiger partial charge in [-0.3, -0.25) is 0 Å². The van der Waals surface area contributed by atoms with Gasteiger partial charge in [0.05, 0.1) is 0 Å². The Labute approximate surface area is 130 Å². The molecule has 0 saturated heterocycles. The summed E-state index contributed by atoms with van der Waals surface area (Å²) in [7, 11) is 0. The Morgan fingerprint density at radius 3 is 1.90 bits per heavy atom. The third-order valence-corrected chi connectivity index (χ3v) is 4.17. The Morgan fingerprint density at radius 1 is 0.905 bits per heavy atom. The molecular formula is C19H32FN. The quantitative estimate of drug-likeness (QED) is 0.493. The molecule has 0 heterocycles. The SMILES string of the molecule is CCCCCC(CCCCC)N[C@H](C)c1ccc(F)cc1. The average Bonchev–Trinajstić information content (AvgIpc) is 2.48. The maximum Gasteiger partial charge on any atom is 0.123 e. The van der Waals surface area contributed by atoms with Crippen molar-refractivity contribution in [2.75, 3.05) is 0 Å². The van der Waals surface area contributed by atoms with Crippen molar-refractivity contribution < 1.29 is 4.39 Å². The van der Waals surface area contributed by atoms with E-state index in [4.69, 9.17) is 0 Å². The lowest BCUT2D eigenvalue weighted by Crippen LogP contribution is -2.31. The van der Waals surface area contributed by atoms with E-state index in [1.165, 1.54) is 56.9 Å². The van der Waals surface area contributed by atoms with Crippen LogP contribution in [0.15, 0.2) is 24.3 Å². The van der Waals surface area contributed by atoms with E-state index in [1.54, 1.807) is 12.1 Å². The molecule has 0 spiro atoms. The summed E-state index contributed by atoms with van der Waals surface area (Å²) in [6.45, 7) is 6.68. The number of nitrogens with one attached hydrogen (secondary N) is 1. The Bertz CT molecular complexity index is 350. The third kappa shape index (κ3) is 7.61. The molecule has 1 atom stereocenters. The zero-order valence-corrected chi connectivity index (χ0v) is 14.0. The van der Waals surface area contributed by atoms with Gasteiger partial charge in [0.15, 0.2) is 0 Å². The molecule has 0 aliphatic carbocycles. The van der Waals surface area contributed by atoms with Gasteiger partial charge in [-0.05, 0) is 37.5 Å². The highest BCUT2D eigenvalue weighted by atomic mass is 19.1. The van der Waals surface area contributed by atoms with Gasteiger partial charge in [0, 0.05) is 12.1 Å². The van der Waals surface area contributed by atoms with E-state index in [0.717, 1.165) is 0 Å². The van der Waals surface area contributed by atoms with Crippen molar-refractivity contribution in [1.82, 2.24) is 5.32 Å². The number of hydrogen-bond donors (Lipinski definition) is 1. The molecule has 0 aliphatic heterocycles. The summed E-state index contributed by atoms with van der Waals surface area (Å²) < 4.78 is 13.0. The maximum absolute atomic E-state index is 13.0. The number of halogens is 1. The average molecular weight is 293 g/mol. The zero-order chi connectivity index (χ0) is 15.5. The molecule has 0 radical (unpaired) electrons. The van der Waals surface area contributed by atoms with Crippen molar-refractivity contribution in [3.05, 3.63) is 35.6 Å². The van der Waals surface area contributed by atoms with Gasteiger partial charge in [-0.2, -0.15) is 0 Å². The van der Waals surface area contributed by atoms with E-state index >= 15 is 0 Å². The first kappa shape index (κ1) is 18.2. The number of benzene rings is 1. The largest absolute Gasteiger partial charge is 0.307 e. The van der Waals surface area contributed by atoms with Crippen molar-refractivity contribution in [1.29, 1.82) is 0 Å². The van der Waals surface area contributed by atoms with E-state index < -0.39 is 0 Å². The highest BCUT2D eigenvalue weighted by Crippen LogP contribution is 2.18. The third-order valence-electron chi connectivity index (χ3n) is 4.17. The van der Waals surface area contributed by atoms with Crippen molar-refractivity contribution >= 4 is 0 Å². The van der Waals surface area contributed by atoms with Gasteiger partial charge in [-0.1, -0.05) is 64.5 Å². The van der Waals surface area contributed by atoms with Gasteiger partial charge in [0.1, 0.15) is 5.82 Å². The monoisotopic (exact) mass is 293 g/mol. The summed E-state index contributed by atoms with van der Waals surface area (Å²) in [6, 6.07) is 7.76. The highest BCUT2D eigenvalue weighted by molar-refractivity contribution is 5.19. The van der Waals surface area contributed by atoms with Crippen molar-refractivity contribution in [2.24, 2.45) is 0 Å². The molecule has 1 nitrogen and oxygen atoms in total. The minimum Gasteiger partial charge on any atom is -0.307 e. The van der Waals surface area contributed by atoms with E-state index in [2.05, 4.69) is 26.1 Å². The second-order valence-electron chi connectivity index (χ2n) is 6.13. The highest BCUT2D eigenvalue weighted by Gasteiger charge is 2.13. The van der Waals surface area contributed by atoms with Crippen LogP contribution >= 0.6 is 0 Å². The lowest BCUT2D eigenvalue weighted by atomic mass is 9.99. The van der Waals surface area contributed by atoms with Gasteiger partial charge >= 0.3 is 0 Å². The Balaban J connectivity index is 2.49. The summed E-state index contributed by atoms with van der Waals surface area (Å²) in [4.78, 5) is 0. The second kappa shape index (κ2) is 10.8. The maximum atomic E-state index is 13.0. The summed E-state index contributed by atoms with van der Waals surface area (Å²) in [5.41, 5.74) is 1.17. The minimum atomic E-state index is -0.159. The van der Waals surface area contributed by atoms with Crippen LogP contribution in [0.2, 0.25) is 0 Å². The Kier molecular flexibility index (Phi) is 9.32. The molecule has 0 saturated carbocycles. The molecule has 1 aromatic rings. The van der Waals surface area contributed by atoms with Crippen molar-refractivity contribution in [2.45, 2.75) is 84.2 Å². The van der Waals surface area contributed by atoms with Crippen LogP contribution in [0, 0.1) is 5.82 Å². The lowest BCUT2D eigenvalue weighted by molar-refractivity contribution is 0.384. The molecule has 2 heteroatoms. The molecule has 1 aromatic carbocycles. The second-order valence-corrected chi connectivity index (χ2v) is 6.13. The Morgan fingerprint density at radius 2 is 1.43 bits per heavy atom. The van der Waals surface area contributed by atoms with Crippen LogP contribution in [0.3, 0.4) is 0 Å². The molecule has 0 aliphatic rings. The summed E-state index contributed by atoms with van der Waals surface area (Å²) in [5.74, 6) is -0.159. The Hall–Kier alpha value is -0.890. The van der Waals surface area contributed by atoms with Gasteiger partial charge in [-0.25, -0.2) is 4.39 Å². The smallest absolute Gasteiger partial charge is 0.123 e. The molecule has 1 rings (SSSR count). The van der Waals surface area contributed by atoms with Gasteiger partial charge in [0.2, 0.25) is 0 Å². The molecule has 21 heavy (non-hydrogen) atoms. The standard InChI is InChI=1S/C19H32FN/c1-4-6-8-10-19(11-9-7-5-2)21-16(3)17-12-14-18(20)15-13-17/h12-16,19,21H,4-11H2,1-3H3/t16-/m1/s1. The number of rotatable bonds is 11. The first-order chi connectivity index (χ1) is 10.2. The molecular weight excluding hydrogens is 261 g/mol. The lowest BCUT2D eigenvalue weighted by Gasteiger charge is -2.24. The van der Waals surface area contributed by atoms with Crippen molar-refractivity contribution in [3.63, 3.8) is 0 Å². The zero-order valence-electron chi connectivity index (χ0n) is 14.0. The molecule has 0 fully saturated rings. The van der Waals surface area contributed by atoms with Crippen LogP contribution in [-0.2, 0) is 0 Å². The number of hydrogen-bond acceptors (Lipinski definition) is 1. The van der Waals surface area contributed by atoms with Crippen LogP contribution in [-0.4, -0.2) is 6.04 Å². The van der Waals surface area contributed by atoms with Crippen LogP contribution in [0.25, 0.3) is 0 Å². The molecule has 0 bridgehead atoms. The molecule has 0 amide bonds. The van der Waals surface area contributed by atoms with Crippen LogP contribution in [0.4, 0.5) is 4.39 Å². The predicted octanol–water partition coefficient (Wildman–Crippen LogP) is 6.01. The fourth-order valence-electron chi connectivity index (χ4n) is 2.79. The van der Waals surface area contributed by atoms with E-state index in [-0.39, 0.29) is 5.82 Å². The normalized spacial score (nSPS) is 12.8. The van der Waals surface area contributed by atoms with E-state index in [1.807, 2.05) is 12.1 Å². The summed E-state index contributed by atoms with van der Waals surface area (Å²) >= 11 is 0. The van der Waals surface area contributed by atoms with Crippen LogP contribution in [0.1, 0.15) is 83.7 Å². The van der Waals surface area contributed by atoms with E-state index in [0.29, 0.717) is 12.1 Å². The first-order valence-corrected chi connectivity index (χ1v) is 8.68. The molecule has 1 N–H and O–H groups in total. The van der Waals surface area contributed by atoms with Gasteiger partial charge in [0.25, 0.3) is 0 Å².